The molecule has 0 spiro atoms. The number of benzene rings is 3. The standard InChI is InChI=1S/C18H10F6O2/c1-25-10-6-12(19)15(13(20)7-10)8-2-3-11-9(4-8)5-14(21)17(16(11)22)26-18(23)24/h2-7,18H,1H3. The highest BCUT2D eigenvalue weighted by atomic mass is 19.3. The van der Waals surface area contributed by atoms with Gasteiger partial charge in [0.1, 0.15) is 17.4 Å². The van der Waals surface area contributed by atoms with Crippen molar-refractivity contribution in [2.24, 2.45) is 0 Å². The molecule has 0 heterocycles. The summed E-state index contributed by atoms with van der Waals surface area (Å²) in [5, 5.41) is -0.311. The van der Waals surface area contributed by atoms with Gasteiger partial charge in [0, 0.05) is 17.5 Å². The summed E-state index contributed by atoms with van der Waals surface area (Å²) in [6.07, 6.45) is 0. The summed E-state index contributed by atoms with van der Waals surface area (Å²) in [7, 11) is 1.24. The van der Waals surface area contributed by atoms with Crippen LogP contribution in [0.1, 0.15) is 0 Å². The Labute approximate surface area is 143 Å². The number of ether oxygens (including phenoxy) is 2. The van der Waals surface area contributed by atoms with Crippen molar-refractivity contribution in [3.8, 4) is 22.6 Å². The minimum Gasteiger partial charge on any atom is -0.497 e. The highest BCUT2D eigenvalue weighted by molar-refractivity contribution is 5.89. The first-order valence-corrected chi connectivity index (χ1v) is 7.21. The van der Waals surface area contributed by atoms with Crippen molar-refractivity contribution in [3.63, 3.8) is 0 Å². The molecule has 2 nitrogen and oxygen atoms in total. The second kappa shape index (κ2) is 6.78. The summed E-state index contributed by atoms with van der Waals surface area (Å²) in [5.74, 6) is -5.80. The second-order valence-corrected chi connectivity index (χ2v) is 5.28. The van der Waals surface area contributed by atoms with Crippen molar-refractivity contribution in [1.29, 1.82) is 0 Å². The minimum absolute atomic E-state index is 0.0106. The Balaban J connectivity index is 2.17. The Hall–Kier alpha value is -2.90. The minimum atomic E-state index is -3.40. The predicted octanol–water partition coefficient (Wildman–Crippen LogP) is 5.67. The van der Waals surface area contributed by atoms with Crippen molar-refractivity contribution < 1.29 is 35.8 Å². The maximum atomic E-state index is 14.2. The molecule has 0 atom stereocenters. The lowest BCUT2D eigenvalue weighted by Gasteiger charge is -2.12. The fourth-order valence-corrected chi connectivity index (χ4v) is 2.61. The monoisotopic (exact) mass is 372 g/mol. The molecular weight excluding hydrogens is 362 g/mol. The van der Waals surface area contributed by atoms with Gasteiger partial charge in [0.2, 0.25) is 0 Å². The van der Waals surface area contributed by atoms with E-state index in [2.05, 4.69) is 4.74 Å². The van der Waals surface area contributed by atoms with Crippen molar-refractivity contribution in [1.82, 2.24) is 0 Å². The third-order valence-electron chi connectivity index (χ3n) is 3.73. The zero-order valence-electron chi connectivity index (χ0n) is 13.1. The Kier molecular flexibility index (Phi) is 4.67. The maximum Gasteiger partial charge on any atom is 0.387 e. The topological polar surface area (TPSA) is 18.5 Å². The molecule has 0 saturated heterocycles. The van der Waals surface area contributed by atoms with Crippen molar-refractivity contribution >= 4 is 10.8 Å². The van der Waals surface area contributed by atoms with E-state index in [4.69, 9.17) is 4.74 Å². The first-order chi connectivity index (χ1) is 12.3. The van der Waals surface area contributed by atoms with Crippen LogP contribution in [-0.4, -0.2) is 13.7 Å². The van der Waals surface area contributed by atoms with Crippen molar-refractivity contribution in [2.75, 3.05) is 7.11 Å². The molecule has 0 N–H and O–H groups in total. The van der Waals surface area contributed by atoms with Gasteiger partial charge in [0.25, 0.3) is 0 Å². The number of hydrogen-bond acceptors (Lipinski definition) is 2. The van der Waals surface area contributed by atoms with Crippen LogP contribution in [0.2, 0.25) is 0 Å². The Morgan fingerprint density at radius 3 is 2.08 bits per heavy atom. The molecule has 3 aromatic rings. The first-order valence-electron chi connectivity index (χ1n) is 7.21. The van der Waals surface area contributed by atoms with E-state index in [1.165, 1.54) is 13.2 Å². The molecule has 26 heavy (non-hydrogen) atoms. The number of halogens is 6. The third-order valence-corrected chi connectivity index (χ3v) is 3.73. The van der Waals surface area contributed by atoms with Crippen LogP contribution in [0, 0.1) is 23.3 Å². The molecular formula is C18H10F6O2. The lowest BCUT2D eigenvalue weighted by Crippen LogP contribution is -2.06. The molecule has 0 aliphatic carbocycles. The molecule has 3 aromatic carbocycles. The summed E-state index contributed by atoms with van der Waals surface area (Å²) < 4.78 is 89.6. The van der Waals surface area contributed by atoms with Crippen LogP contribution in [0.15, 0.2) is 36.4 Å². The van der Waals surface area contributed by atoms with E-state index in [9.17, 15) is 26.3 Å². The molecule has 0 aliphatic heterocycles. The fraction of sp³-hybridized carbons (Fsp3) is 0.111. The number of alkyl halides is 2. The van der Waals surface area contributed by atoms with Gasteiger partial charge in [0.05, 0.1) is 12.7 Å². The van der Waals surface area contributed by atoms with Crippen molar-refractivity contribution in [3.05, 3.63) is 59.7 Å². The number of fused-ring (bicyclic) bond motifs is 1. The average Bonchev–Trinajstić information content (AvgIpc) is 2.57. The smallest absolute Gasteiger partial charge is 0.387 e. The summed E-state index contributed by atoms with van der Waals surface area (Å²) in [6, 6.07) is 6.09. The summed E-state index contributed by atoms with van der Waals surface area (Å²) in [5.41, 5.74) is -0.405. The van der Waals surface area contributed by atoms with E-state index < -0.39 is 41.2 Å². The quantitative estimate of drug-likeness (QED) is 0.549. The van der Waals surface area contributed by atoms with Gasteiger partial charge < -0.3 is 9.47 Å². The number of methoxy groups -OCH3 is 1. The lowest BCUT2D eigenvalue weighted by atomic mass is 9.99. The number of hydrogen-bond donors (Lipinski definition) is 0. The molecule has 0 aliphatic rings. The van der Waals surface area contributed by atoms with Gasteiger partial charge in [-0.2, -0.15) is 8.78 Å². The van der Waals surface area contributed by atoms with Crippen LogP contribution in [0.4, 0.5) is 26.3 Å². The molecule has 3 rings (SSSR count). The van der Waals surface area contributed by atoms with Gasteiger partial charge in [-0.15, -0.1) is 0 Å². The van der Waals surface area contributed by atoms with Crippen LogP contribution in [0.25, 0.3) is 21.9 Å². The van der Waals surface area contributed by atoms with E-state index in [1.807, 2.05) is 0 Å². The molecule has 0 radical (unpaired) electrons. The molecule has 0 unspecified atom stereocenters. The zero-order valence-corrected chi connectivity index (χ0v) is 13.1. The Morgan fingerprint density at radius 2 is 1.50 bits per heavy atom. The average molecular weight is 372 g/mol. The molecule has 0 bridgehead atoms. The van der Waals surface area contributed by atoms with Gasteiger partial charge in [-0.3, -0.25) is 0 Å². The molecule has 0 aromatic heterocycles. The van der Waals surface area contributed by atoms with Crippen LogP contribution in [-0.2, 0) is 0 Å². The van der Waals surface area contributed by atoms with Gasteiger partial charge in [-0.1, -0.05) is 12.1 Å². The van der Waals surface area contributed by atoms with E-state index in [0.717, 1.165) is 30.3 Å². The molecule has 136 valence electrons. The highest BCUT2D eigenvalue weighted by Gasteiger charge is 2.20. The largest absolute Gasteiger partial charge is 0.497 e. The summed E-state index contributed by atoms with van der Waals surface area (Å²) in [6.45, 7) is -3.40. The van der Waals surface area contributed by atoms with Crippen LogP contribution >= 0.6 is 0 Å². The van der Waals surface area contributed by atoms with Gasteiger partial charge in [-0.25, -0.2) is 17.6 Å². The normalized spacial score (nSPS) is 11.2. The summed E-state index contributed by atoms with van der Waals surface area (Å²) >= 11 is 0. The summed E-state index contributed by atoms with van der Waals surface area (Å²) in [4.78, 5) is 0. The van der Waals surface area contributed by atoms with Gasteiger partial charge in [-0.05, 0) is 23.1 Å². The van der Waals surface area contributed by atoms with Crippen LogP contribution in [0.3, 0.4) is 0 Å². The highest BCUT2D eigenvalue weighted by Crippen LogP contribution is 2.35. The van der Waals surface area contributed by atoms with E-state index in [0.29, 0.717) is 0 Å². The molecule has 0 fully saturated rings. The molecule has 0 amide bonds. The zero-order chi connectivity index (χ0) is 19.0. The van der Waals surface area contributed by atoms with E-state index >= 15 is 0 Å². The lowest BCUT2D eigenvalue weighted by molar-refractivity contribution is -0.0544. The predicted molar refractivity (Wildman–Crippen MR) is 82.4 cm³/mol. The first kappa shape index (κ1) is 17.9. The SMILES string of the molecule is COc1cc(F)c(-c2ccc3c(F)c(OC(F)F)c(F)cc3c2)c(F)c1. The van der Waals surface area contributed by atoms with Crippen LogP contribution in [0.5, 0.6) is 11.5 Å². The second-order valence-electron chi connectivity index (χ2n) is 5.28. The van der Waals surface area contributed by atoms with Gasteiger partial charge in [0.15, 0.2) is 17.4 Å². The maximum absolute atomic E-state index is 14.2. The van der Waals surface area contributed by atoms with E-state index in [-0.39, 0.29) is 22.1 Å². The molecule has 8 heteroatoms. The van der Waals surface area contributed by atoms with Gasteiger partial charge >= 0.3 is 6.61 Å². The van der Waals surface area contributed by atoms with Crippen LogP contribution < -0.4 is 9.47 Å². The molecule has 0 saturated carbocycles. The van der Waals surface area contributed by atoms with Crippen molar-refractivity contribution in [2.45, 2.75) is 6.61 Å². The number of rotatable bonds is 4. The Bertz CT molecular complexity index is 964. The Morgan fingerprint density at radius 1 is 0.846 bits per heavy atom. The fourth-order valence-electron chi connectivity index (χ4n) is 2.61. The van der Waals surface area contributed by atoms with E-state index in [1.54, 1.807) is 0 Å². The third kappa shape index (κ3) is 3.14.